The highest BCUT2D eigenvalue weighted by molar-refractivity contribution is 6.33. The van der Waals surface area contributed by atoms with Gasteiger partial charge in [0.15, 0.2) is 5.82 Å². The molecule has 0 saturated carbocycles. The Kier molecular flexibility index (Phi) is 4.91. The molecule has 0 aliphatic rings. The van der Waals surface area contributed by atoms with Crippen molar-refractivity contribution in [2.45, 2.75) is 26.7 Å². The number of carbonyl (C=O) groups excluding carboxylic acids is 1. The van der Waals surface area contributed by atoms with Crippen molar-refractivity contribution in [3.8, 4) is 11.4 Å². The molecule has 0 bridgehead atoms. The van der Waals surface area contributed by atoms with Crippen LogP contribution in [0, 0.1) is 0 Å². The van der Waals surface area contributed by atoms with E-state index in [0.717, 1.165) is 5.56 Å². The van der Waals surface area contributed by atoms with Crippen LogP contribution >= 0.6 is 11.6 Å². The first-order valence-electron chi connectivity index (χ1n) is 6.83. The van der Waals surface area contributed by atoms with Crippen molar-refractivity contribution in [3.63, 3.8) is 0 Å². The fourth-order valence-corrected chi connectivity index (χ4v) is 2.19. The summed E-state index contributed by atoms with van der Waals surface area (Å²) in [7, 11) is 0. The van der Waals surface area contributed by atoms with Crippen molar-refractivity contribution in [2.75, 3.05) is 6.61 Å². The molecule has 0 N–H and O–H groups in total. The Morgan fingerprint density at radius 3 is 2.67 bits per heavy atom. The van der Waals surface area contributed by atoms with Gasteiger partial charge in [0.1, 0.15) is 0 Å². The van der Waals surface area contributed by atoms with Crippen LogP contribution in [0.25, 0.3) is 11.4 Å². The molecule has 1 aromatic heterocycles. The zero-order valence-electron chi connectivity index (χ0n) is 12.3. The van der Waals surface area contributed by atoms with E-state index in [1.54, 1.807) is 13.0 Å². The molecule has 0 amide bonds. The van der Waals surface area contributed by atoms with Crippen molar-refractivity contribution < 1.29 is 9.53 Å². The van der Waals surface area contributed by atoms with E-state index in [-0.39, 0.29) is 5.92 Å². The first kappa shape index (κ1) is 15.4. The third-order valence-electron chi connectivity index (χ3n) is 2.98. The smallest absolute Gasteiger partial charge is 0.341 e. The Labute approximate surface area is 129 Å². The number of benzene rings is 1. The minimum atomic E-state index is -0.396. The highest BCUT2D eigenvalue weighted by atomic mass is 35.5. The van der Waals surface area contributed by atoms with Crippen molar-refractivity contribution in [3.05, 3.63) is 46.7 Å². The van der Waals surface area contributed by atoms with Gasteiger partial charge in [-0.2, -0.15) is 0 Å². The molecular weight excluding hydrogens is 288 g/mol. The number of esters is 1. The highest BCUT2D eigenvalue weighted by Gasteiger charge is 2.19. The molecule has 0 radical (unpaired) electrons. The van der Waals surface area contributed by atoms with Crippen LogP contribution in [-0.4, -0.2) is 22.5 Å². The molecule has 0 saturated heterocycles. The summed E-state index contributed by atoms with van der Waals surface area (Å²) in [5, 5.41) is 0.580. The van der Waals surface area contributed by atoms with Crippen molar-refractivity contribution >= 4 is 17.6 Å². The summed E-state index contributed by atoms with van der Waals surface area (Å²) in [5.41, 5.74) is 1.82. The standard InChI is InChI=1S/C16H17ClN2O2/c1-4-21-16(20)12-9-18-15(19-14(12)10(2)3)11-7-5-6-8-13(11)17/h5-10H,4H2,1-3H3. The molecule has 4 nitrogen and oxygen atoms in total. The Balaban J connectivity index is 2.51. The zero-order valence-corrected chi connectivity index (χ0v) is 13.0. The molecule has 0 unspecified atom stereocenters. The second-order valence-electron chi connectivity index (χ2n) is 4.85. The van der Waals surface area contributed by atoms with E-state index in [1.165, 1.54) is 6.20 Å². The van der Waals surface area contributed by atoms with Gasteiger partial charge in [0, 0.05) is 11.8 Å². The number of carbonyl (C=O) groups is 1. The summed E-state index contributed by atoms with van der Waals surface area (Å²) in [6, 6.07) is 7.36. The Bertz CT molecular complexity index is 656. The Morgan fingerprint density at radius 2 is 2.05 bits per heavy atom. The van der Waals surface area contributed by atoms with Crippen molar-refractivity contribution in [1.29, 1.82) is 0 Å². The lowest BCUT2D eigenvalue weighted by molar-refractivity contribution is 0.0523. The second kappa shape index (κ2) is 6.68. The number of ether oxygens (including phenoxy) is 1. The van der Waals surface area contributed by atoms with Crippen molar-refractivity contribution in [2.24, 2.45) is 0 Å². The van der Waals surface area contributed by atoms with Crippen LogP contribution in [-0.2, 0) is 4.74 Å². The zero-order chi connectivity index (χ0) is 15.4. The number of hydrogen-bond acceptors (Lipinski definition) is 4. The van der Waals surface area contributed by atoms with Crippen molar-refractivity contribution in [1.82, 2.24) is 9.97 Å². The highest BCUT2D eigenvalue weighted by Crippen LogP contribution is 2.27. The normalized spacial score (nSPS) is 10.7. The second-order valence-corrected chi connectivity index (χ2v) is 5.25. The molecule has 2 rings (SSSR count). The first-order valence-corrected chi connectivity index (χ1v) is 7.21. The van der Waals surface area contributed by atoms with Crippen LogP contribution in [0.3, 0.4) is 0 Å². The first-order chi connectivity index (χ1) is 10.0. The third kappa shape index (κ3) is 3.39. The number of halogens is 1. The minimum Gasteiger partial charge on any atom is -0.462 e. The molecule has 0 spiro atoms. The van der Waals surface area contributed by atoms with E-state index < -0.39 is 5.97 Å². The average molecular weight is 305 g/mol. The molecule has 0 fully saturated rings. The van der Waals surface area contributed by atoms with Gasteiger partial charge in [-0.25, -0.2) is 14.8 Å². The van der Waals surface area contributed by atoms with Gasteiger partial charge in [0.2, 0.25) is 0 Å². The summed E-state index contributed by atoms with van der Waals surface area (Å²) < 4.78 is 5.04. The van der Waals surface area contributed by atoms with Gasteiger partial charge in [-0.3, -0.25) is 0 Å². The van der Waals surface area contributed by atoms with E-state index in [4.69, 9.17) is 16.3 Å². The fourth-order valence-electron chi connectivity index (χ4n) is 1.97. The Morgan fingerprint density at radius 1 is 1.33 bits per heavy atom. The maximum Gasteiger partial charge on any atom is 0.341 e. The molecule has 0 aliphatic carbocycles. The topological polar surface area (TPSA) is 52.1 Å². The molecule has 21 heavy (non-hydrogen) atoms. The van der Waals surface area contributed by atoms with Gasteiger partial charge in [-0.1, -0.05) is 37.6 Å². The molecule has 1 aromatic carbocycles. The molecule has 2 aromatic rings. The van der Waals surface area contributed by atoms with E-state index in [1.807, 2.05) is 32.0 Å². The van der Waals surface area contributed by atoms with Gasteiger partial charge in [-0.15, -0.1) is 0 Å². The van der Waals surface area contributed by atoms with Gasteiger partial charge in [0.05, 0.1) is 22.9 Å². The van der Waals surface area contributed by atoms with Gasteiger partial charge in [0.25, 0.3) is 0 Å². The summed E-state index contributed by atoms with van der Waals surface area (Å²) in [4.78, 5) is 20.7. The number of hydrogen-bond donors (Lipinski definition) is 0. The van der Waals surface area contributed by atoms with Gasteiger partial charge < -0.3 is 4.74 Å². The predicted octanol–water partition coefficient (Wildman–Crippen LogP) is 4.10. The maximum atomic E-state index is 12.0. The molecule has 0 aliphatic heterocycles. The maximum absolute atomic E-state index is 12.0. The SMILES string of the molecule is CCOC(=O)c1cnc(-c2ccccc2Cl)nc1C(C)C. The number of nitrogens with zero attached hydrogens (tertiary/aromatic N) is 2. The van der Waals surface area contributed by atoms with Crippen LogP contribution in [0.1, 0.15) is 42.7 Å². The van der Waals surface area contributed by atoms with E-state index in [9.17, 15) is 4.79 Å². The van der Waals surface area contributed by atoms with Gasteiger partial charge in [-0.05, 0) is 25.0 Å². The largest absolute Gasteiger partial charge is 0.462 e. The molecule has 1 heterocycles. The molecular formula is C16H17ClN2O2. The minimum absolute atomic E-state index is 0.0774. The van der Waals surface area contributed by atoms with Crippen LogP contribution in [0.15, 0.2) is 30.5 Å². The van der Waals surface area contributed by atoms with E-state index in [0.29, 0.717) is 28.7 Å². The lowest BCUT2D eigenvalue weighted by atomic mass is 10.0. The van der Waals surface area contributed by atoms with Gasteiger partial charge >= 0.3 is 5.97 Å². The fraction of sp³-hybridized carbons (Fsp3) is 0.312. The number of rotatable bonds is 4. The Hall–Kier alpha value is -1.94. The quantitative estimate of drug-likeness (QED) is 0.798. The van der Waals surface area contributed by atoms with Crippen LogP contribution in [0.4, 0.5) is 0 Å². The van der Waals surface area contributed by atoms with Crippen LogP contribution in [0.5, 0.6) is 0 Å². The molecule has 5 heteroatoms. The summed E-state index contributed by atoms with van der Waals surface area (Å²) in [6.45, 7) is 6.04. The van der Waals surface area contributed by atoms with E-state index in [2.05, 4.69) is 9.97 Å². The molecule has 110 valence electrons. The van der Waals surface area contributed by atoms with Crippen LogP contribution in [0.2, 0.25) is 5.02 Å². The summed E-state index contributed by atoms with van der Waals surface area (Å²) in [5.74, 6) is 0.193. The third-order valence-corrected chi connectivity index (χ3v) is 3.30. The lowest BCUT2D eigenvalue weighted by Crippen LogP contribution is -2.12. The predicted molar refractivity (Wildman–Crippen MR) is 82.5 cm³/mol. The number of aromatic nitrogens is 2. The summed E-state index contributed by atoms with van der Waals surface area (Å²) in [6.07, 6.45) is 1.51. The molecule has 0 atom stereocenters. The monoisotopic (exact) mass is 304 g/mol. The average Bonchev–Trinajstić information content (AvgIpc) is 2.47. The van der Waals surface area contributed by atoms with Crippen LogP contribution < -0.4 is 0 Å². The lowest BCUT2D eigenvalue weighted by Gasteiger charge is -2.12. The van der Waals surface area contributed by atoms with E-state index >= 15 is 0 Å². The summed E-state index contributed by atoms with van der Waals surface area (Å²) >= 11 is 6.17.